The van der Waals surface area contributed by atoms with Crippen molar-refractivity contribution >= 4 is 21.3 Å². The Labute approximate surface area is 77.7 Å². The zero-order valence-corrected chi connectivity index (χ0v) is 8.52. The molecule has 0 aliphatic heterocycles. The topological polar surface area (TPSA) is 29.4 Å². The highest BCUT2D eigenvalue weighted by Crippen LogP contribution is 2.21. The summed E-state index contributed by atoms with van der Waals surface area (Å²) in [5.41, 5.74) is 0. The van der Waals surface area contributed by atoms with E-state index in [1.807, 2.05) is 0 Å². The van der Waals surface area contributed by atoms with E-state index < -0.39 is 9.73 Å². The third-order valence-electron chi connectivity index (χ3n) is 1.59. The number of hydrogen-bond donors (Lipinski definition) is 0. The summed E-state index contributed by atoms with van der Waals surface area (Å²) < 4.78 is 15.5. The maximum Gasteiger partial charge on any atom is 0.0735 e. The van der Waals surface area contributed by atoms with Crippen LogP contribution in [0.1, 0.15) is 0 Å². The van der Waals surface area contributed by atoms with Crippen LogP contribution in [0.4, 0.5) is 0 Å². The van der Waals surface area contributed by atoms with Crippen molar-refractivity contribution in [2.45, 2.75) is 4.90 Å². The molecule has 4 heteroatoms. The van der Waals surface area contributed by atoms with E-state index in [0.29, 0.717) is 9.92 Å². The van der Waals surface area contributed by atoms with E-state index in [9.17, 15) is 4.21 Å². The molecule has 0 amide bonds. The Morgan fingerprint density at radius 1 is 1.42 bits per heavy atom. The first-order valence-electron chi connectivity index (χ1n) is 3.43. The van der Waals surface area contributed by atoms with Crippen LogP contribution in [0.3, 0.4) is 0 Å². The second-order valence-corrected chi connectivity index (χ2v) is 5.23. The molecular formula is C8H10ClNOS. The second kappa shape index (κ2) is 3.46. The number of nitrogens with zero attached hydrogens (tertiary/aromatic N) is 1. The maximum atomic E-state index is 11.7. The van der Waals surface area contributed by atoms with Gasteiger partial charge in [0.05, 0.1) is 19.6 Å². The molecule has 12 heavy (non-hydrogen) atoms. The molecular weight excluding hydrogens is 194 g/mol. The summed E-state index contributed by atoms with van der Waals surface area (Å²) in [6.45, 7) is 0. The van der Waals surface area contributed by atoms with Crippen molar-refractivity contribution in [1.29, 1.82) is 0 Å². The lowest BCUT2D eigenvalue weighted by Gasteiger charge is -2.03. The Bertz CT molecular complexity index is 394. The van der Waals surface area contributed by atoms with Gasteiger partial charge in [0.15, 0.2) is 0 Å². The van der Waals surface area contributed by atoms with Crippen LogP contribution in [0.2, 0.25) is 5.02 Å². The lowest BCUT2D eigenvalue weighted by atomic mass is 10.4. The molecule has 0 aliphatic rings. The first-order valence-corrected chi connectivity index (χ1v) is 5.73. The van der Waals surface area contributed by atoms with E-state index in [2.05, 4.69) is 4.36 Å². The normalized spacial score (nSPS) is 15.2. The molecule has 0 aliphatic carbocycles. The van der Waals surface area contributed by atoms with Crippen LogP contribution in [-0.2, 0) is 9.73 Å². The summed E-state index contributed by atoms with van der Waals surface area (Å²) in [6, 6.07) is 7.05. The summed E-state index contributed by atoms with van der Waals surface area (Å²) in [7, 11) is -0.752. The summed E-state index contributed by atoms with van der Waals surface area (Å²) in [5, 5.41) is 0.510. The third kappa shape index (κ3) is 1.79. The lowest BCUT2D eigenvalue weighted by molar-refractivity contribution is 0.680. The van der Waals surface area contributed by atoms with Gasteiger partial charge in [-0.2, -0.15) is 0 Å². The molecule has 0 N–H and O–H groups in total. The van der Waals surface area contributed by atoms with Gasteiger partial charge in [0, 0.05) is 13.3 Å². The average Bonchev–Trinajstić information content (AvgIpc) is 2.05. The van der Waals surface area contributed by atoms with E-state index in [0.717, 1.165) is 0 Å². The molecule has 0 bridgehead atoms. The van der Waals surface area contributed by atoms with Crippen molar-refractivity contribution in [3.63, 3.8) is 0 Å². The molecule has 1 aromatic carbocycles. The van der Waals surface area contributed by atoms with Crippen LogP contribution in [0.5, 0.6) is 0 Å². The summed E-state index contributed by atoms with van der Waals surface area (Å²) in [5.74, 6) is 0. The van der Waals surface area contributed by atoms with Gasteiger partial charge >= 0.3 is 0 Å². The monoisotopic (exact) mass is 203 g/mol. The molecule has 0 aromatic heterocycles. The van der Waals surface area contributed by atoms with Crippen molar-refractivity contribution < 1.29 is 4.21 Å². The number of hydrogen-bond acceptors (Lipinski definition) is 2. The van der Waals surface area contributed by atoms with Crippen molar-refractivity contribution in [2.24, 2.45) is 4.36 Å². The van der Waals surface area contributed by atoms with Gasteiger partial charge in [-0.15, -0.1) is 0 Å². The third-order valence-corrected chi connectivity index (χ3v) is 3.90. The van der Waals surface area contributed by atoms with E-state index in [4.69, 9.17) is 11.6 Å². The Balaban J connectivity index is 3.40. The van der Waals surface area contributed by atoms with Crippen LogP contribution in [-0.4, -0.2) is 17.5 Å². The molecule has 0 heterocycles. The van der Waals surface area contributed by atoms with Crippen LogP contribution in [0.15, 0.2) is 33.5 Å². The molecule has 1 aromatic rings. The van der Waals surface area contributed by atoms with E-state index in [1.165, 1.54) is 7.05 Å². The van der Waals surface area contributed by atoms with Crippen LogP contribution < -0.4 is 0 Å². The van der Waals surface area contributed by atoms with Crippen LogP contribution in [0.25, 0.3) is 0 Å². The van der Waals surface area contributed by atoms with Gasteiger partial charge in [0.25, 0.3) is 0 Å². The van der Waals surface area contributed by atoms with Gasteiger partial charge in [-0.1, -0.05) is 23.7 Å². The SMILES string of the molecule is CN=[S@@](C)(=O)c1ccccc1Cl. The summed E-state index contributed by atoms with van der Waals surface area (Å²) in [4.78, 5) is 0.606. The highest BCUT2D eigenvalue weighted by molar-refractivity contribution is 7.93. The minimum atomic E-state index is -2.29. The molecule has 0 saturated carbocycles. The Hall–Kier alpha value is -0.540. The van der Waals surface area contributed by atoms with E-state index in [1.54, 1.807) is 30.5 Å². The maximum absolute atomic E-state index is 11.7. The predicted molar refractivity (Wildman–Crippen MR) is 52.1 cm³/mol. The minimum Gasteiger partial charge on any atom is -0.245 e. The minimum absolute atomic E-state index is 0.510. The molecule has 0 spiro atoms. The lowest BCUT2D eigenvalue weighted by Crippen LogP contribution is -1.97. The van der Waals surface area contributed by atoms with Crippen LogP contribution in [0, 0.1) is 0 Å². The second-order valence-electron chi connectivity index (χ2n) is 2.42. The fourth-order valence-electron chi connectivity index (χ4n) is 0.850. The van der Waals surface area contributed by atoms with Gasteiger partial charge in [-0.3, -0.25) is 0 Å². The average molecular weight is 204 g/mol. The Morgan fingerprint density at radius 3 is 2.50 bits per heavy atom. The fraction of sp³-hybridized carbons (Fsp3) is 0.250. The van der Waals surface area contributed by atoms with Crippen molar-refractivity contribution in [2.75, 3.05) is 13.3 Å². The first-order chi connectivity index (χ1) is 5.58. The zero-order valence-electron chi connectivity index (χ0n) is 6.95. The first kappa shape index (κ1) is 9.55. The van der Waals surface area contributed by atoms with Crippen molar-refractivity contribution in [3.05, 3.63) is 29.3 Å². The fourth-order valence-corrected chi connectivity index (χ4v) is 2.37. The molecule has 0 fully saturated rings. The standard InChI is InChI=1S/C8H10ClNOS/c1-10-12(2,11)8-6-4-3-5-7(8)9/h3-6H,1-2H3/t12-/m0/s1. The molecule has 66 valence electrons. The molecule has 2 nitrogen and oxygen atoms in total. The molecule has 0 radical (unpaired) electrons. The molecule has 0 saturated heterocycles. The van der Waals surface area contributed by atoms with Gasteiger partial charge in [-0.05, 0) is 12.1 Å². The molecule has 0 unspecified atom stereocenters. The summed E-state index contributed by atoms with van der Waals surface area (Å²) >= 11 is 5.85. The Morgan fingerprint density at radius 2 is 2.00 bits per heavy atom. The summed E-state index contributed by atoms with van der Waals surface area (Å²) in [6.07, 6.45) is 1.58. The van der Waals surface area contributed by atoms with E-state index in [-0.39, 0.29) is 0 Å². The van der Waals surface area contributed by atoms with Gasteiger partial charge < -0.3 is 0 Å². The predicted octanol–water partition coefficient (Wildman–Crippen LogP) is 2.43. The zero-order chi connectivity index (χ0) is 9.19. The van der Waals surface area contributed by atoms with E-state index >= 15 is 0 Å². The number of benzene rings is 1. The molecule has 1 atom stereocenters. The largest absolute Gasteiger partial charge is 0.245 e. The Kier molecular flexibility index (Phi) is 2.75. The number of halogens is 1. The van der Waals surface area contributed by atoms with Gasteiger partial charge in [0.2, 0.25) is 0 Å². The van der Waals surface area contributed by atoms with Crippen molar-refractivity contribution in [1.82, 2.24) is 0 Å². The van der Waals surface area contributed by atoms with Gasteiger partial charge in [0.1, 0.15) is 0 Å². The highest BCUT2D eigenvalue weighted by atomic mass is 35.5. The van der Waals surface area contributed by atoms with Gasteiger partial charge in [-0.25, -0.2) is 8.57 Å². The molecule has 1 rings (SSSR count). The van der Waals surface area contributed by atoms with Crippen molar-refractivity contribution in [3.8, 4) is 0 Å². The highest BCUT2D eigenvalue weighted by Gasteiger charge is 2.07. The quantitative estimate of drug-likeness (QED) is 0.690. The number of rotatable bonds is 1. The smallest absolute Gasteiger partial charge is 0.0735 e. The van der Waals surface area contributed by atoms with Crippen LogP contribution >= 0.6 is 11.6 Å².